The molecular formula is C18H22N4O3. The predicted octanol–water partition coefficient (Wildman–Crippen LogP) is 2.76. The molecule has 1 N–H and O–H groups in total. The molecule has 0 atom stereocenters. The number of aryl methyl sites for hydroxylation is 1. The Labute approximate surface area is 146 Å². The molecule has 1 aliphatic heterocycles. The highest BCUT2D eigenvalue weighted by Gasteiger charge is 2.33. The molecule has 2 fully saturated rings. The molecule has 0 radical (unpaired) electrons. The van der Waals surface area contributed by atoms with E-state index in [0.29, 0.717) is 30.8 Å². The molecule has 0 unspecified atom stereocenters. The number of urea groups is 1. The summed E-state index contributed by atoms with van der Waals surface area (Å²) in [6.45, 7) is 3.01. The second kappa shape index (κ2) is 6.74. The standard InChI is InChI=1S/C18H22N4O3/c1-12-19-17(25-21-12)13-5-4-8-15(9-13)24-16-10-22(11-16)18(23)20-14-6-2-3-7-14/h4-5,8-9,14,16H,2-3,6-7,10-11H2,1H3,(H,20,23). The summed E-state index contributed by atoms with van der Waals surface area (Å²) < 4.78 is 11.1. The summed E-state index contributed by atoms with van der Waals surface area (Å²) in [7, 11) is 0. The van der Waals surface area contributed by atoms with Crippen molar-refractivity contribution in [1.29, 1.82) is 0 Å². The number of carbonyl (C=O) groups is 1. The van der Waals surface area contributed by atoms with E-state index in [1.165, 1.54) is 12.8 Å². The van der Waals surface area contributed by atoms with Gasteiger partial charge in [-0.3, -0.25) is 0 Å². The lowest BCUT2D eigenvalue weighted by molar-refractivity contribution is 0.0435. The Balaban J connectivity index is 1.30. The van der Waals surface area contributed by atoms with Crippen LogP contribution in [-0.2, 0) is 0 Å². The molecule has 2 aromatic rings. The number of carbonyl (C=O) groups excluding carboxylic acids is 1. The smallest absolute Gasteiger partial charge is 0.317 e. The molecule has 7 heteroatoms. The Kier molecular flexibility index (Phi) is 4.29. The molecule has 4 rings (SSSR count). The van der Waals surface area contributed by atoms with Crippen molar-refractivity contribution in [3.8, 4) is 17.2 Å². The molecule has 1 aliphatic carbocycles. The quantitative estimate of drug-likeness (QED) is 0.924. The minimum absolute atomic E-state index is 0.0222. The highest BCUT2D eigenvalue weighted by Crippen LogP contribution is 2.25. The lowest BCUT2D eigenvalue weighted by Crippen LogP contribution is -2.59. The number of amides is 2. The molecule has 1 saturated heterocycles. The van der Waals surface area contributed by atoms with Crippen LogP contribution in [0.4, 0.5) is 4.79 Å². The third kappa shape index (κ3) is 3.60. The van der Waals surface area contributed by atoms with Crippen molar-refractivity contribution in [2.24, 2.45) is 0 Å². The predicted molar refractivity (Wildman–Crippen MR) is 91.2 cm³/mol. The van der Waals surface area contributed by atoms with Crippen LogP contribution >= 0.6 is 0 Å². The Morgan fingerprint density at radius 2 is 2.12 bits per heavy atom. The Morgan fingerprint density at radius 1 is 1.32 bits per heavy atom. The number of rotatable bonds is 4. The zero-order valence-electron chi connectivity index (χ0n) is 14.3. The highest BCUT2D eigenvalue weighted by molar-refractivity contribution is 5.75. The van der Waals surface area contributed by atoms with E-state index in [0.717, 1.165) is 24.2 Å². The maximum absolute atomic E-state index is 12.2. The number of nitrogens with one attached hydrogen (secondary N) is 1. The van der Waals surface area contributed by atoms with Gasteiger partial charge in [-0.25, -0.2) is 4.79 Å². The Hall–Kier alpha value is -2.57. The Morgan fingerprint density at radius 3 is 2.84 bits per heavy atom. The first-order valence-electron chi connectivity index (χ1n) is 8.80. The van der Waals surface area contributed by atoms with Crippen LogP contribution in [-0.4, -0.2) is 46.3 Å². The molecule has 0 spiro atoms. The number of nitrogens with zero attached hydrogens (tertiary/aromatic N) is 3. The summed E-state index contributed by atoms with van der Waals surface area (Å²) >= 11 is 0. The fraction of sp³-hybridized carbons (Fsp3) is 0.500. The largest absolute Gasteiger partial charge is 0.487 e. The number of hydrogen-bond acceptors (Lipinski definition) is 5. The van der Waals surface area contributed by atoms with Crippen molar-refractivity contribution in [2.45, 2.75) is 44.8 Å². The molecule has 2 amide bonds. The first kappa shape index (κ1) is 15.9. The molecule has 1 aromatic heterocycles. The number of benzene rings is 1. The van der Waals surface area contributed by atoms with E-state index in [2.05, 4.69) is 15.5 Å². The van der Waals surface area contributed by atoms with Crippen LogP contribution in [0, 0.1) is 6.92 Å². The fourth-order valence-electron chi connectivity index (χ4n) is 3.32. The third-order valence-corrected chi connectivity index (χ3v) is 4.73. The molecular weight excluding hydrogens is 320 g/mol. The van der Waals surface area contributed by atoms with E-state index >= 15 is 0 Å². The van der Waals surface area contributed by atoms with Crippen molar-refractivity contribution < 1.29 is 14.1 Å². The molecule has 2 heterocycles. The minimum Gasteiger partial charge on any atom is -0.487 e. The first-order valence-corrected chi connectivity index (χ1v) is 8.80. The van der Waals surface area contributed by atoms with E-state index in [1.54, 1.807) is 11.8 Å². The van der Waals surface area contributed by atoms with Crippen molar-refractivity contribution in [3.63, 3.8) is 0 Å². The lowest BCUT2D eigenvalue weighted by atomic mass is 10.1. The normalized spacial score (nSPS) is 18.2. The monoisotopic (exact) mass is 342 g/mol. The van der Waals surface area contributed by atoms with E-state index in [1.807, 2.05) is 24.3 Å². The van der Waals surface area contributed by atoms with Crippen molar-refractivity contribution >= 4 is 6.03 Å². The van der Waals surface area contributed by atoms with Crippen molar-refractivity contribution in [2.75, 3.05) is 13.1 Å². The van der Waals surface area contributed by atoms with Gasteiger partial charge >= 0.3 is 6.03 Å². The van der Waals surface area contributed by atoms with E-state index in [4.69, 9.17) is 9.26 Å². The summed E-state index contributed by atoms with van der Waals surface area (Å²) in [5.41, 5.74) is 0.827. The lowest BCUT2D eigenvalue weighted by Gasteiger charge is -2.39. The summed E-state index contributed by atoms with van der Waals surface area (Å²) in [6, 6.07) is 7.96. The molecule has 2 aliphatic rings. The van der Waals surface area contributed by atoms with E-state index in [-0.39, 0.29) is 12.1 Å². The third-order valence-electron chi connectivity index (χ3n) is 4.73. The van der Waals surface area contributed by atoms with Gasteiger partial charge in [-0.1, -0.05) is 24.1 Å². The average molecular weight is 342 g/mol. The van der Waals surface area contributed by atoms with Gasteiger partial charge in [0.2, 0.25) is 0 Å². The highest BCUT2D eigenvalue weighted by atomic mass is 16.5. The van der Waals surface area contributed by atoms with Crippen LogP contribution in [0.3, 0.4) is 0 Å². The van der Waals surface area contributed by atoms with Gasteiger partial charge in [-0.15, -0.1) is 0 Å². The van der Waals surface area contributed by atoms with Gasteiger partial charge in [-0.2, -0.15) is 4.98 Å². The van der Waals surface area contributed by atoms with Crippen LogP contribution in [0.15, 0.2) is 28.8 Å². The molecule has 25 heavy (non-hydrogen) atoms. The fourth-order valence-corrected chi connectivity index (χ4v) is 3.32. The maximum atomic E-state index is 12.2. The summed E-state index contributed by atoms with van der Waals surface area (Å²) in [5.74, 6) is 1.83. The Bertz CT molecular complexity index is 748. The van der Waals surface area contributed by atoms with Gasteiger partial charge in [0.1, 0.15) is 11.9 Å². The minimum atomic E-state index is 0.0222. The molecule has 1 aromatic carbocycles. The van der Waals surface area contributed by atoms with Gasteiger partial charge in [0.05, 0.1) is 13.1 Å². The molecule has 0 bridgehead atoms. The topological polar surface area (TPSA) is 80.5 Å². The zero-order chi connectivity index (χ0) is 17.2. The summed E-state index contributed by atoms with van der Waals surface area (Å²) in [4.78, 5) is 18.2. The number of hydrogen-bond donors (Lipinski definition) is 1. The summed E-state index contributed by atoms with van der Waals surface area (Å²) in [5, 5.41) is 6.91. The van der Waals surface area contributed by atoms with Crippen molar-refractivity contribution in [1.82, 2.24) is 20.4 Å². The number of ether oxygens (including phenoxy) is 1. The number of likely N-dealkylation sites (tertiary alicyclic amines) is 1. The van der Waals surface area contributed by atoms with Gasteiger partial charge < -0.3 is 19.5 Å². The molecule has 1 saturated carbocycles. The van der Waals surface area contributed by atoms with E-state index in [9.17, 15) is 4.79 Å². The second-order valence-corrected chi connectivity index (χ2v) is 6.75. The van der Waals surface area contributed by atoms with E-state index < -0.39 is 0 Å². The van der Waals surface area contributed by atoms with Gasteiger partial charge in [0.15, 0.2) is 5.82 Å². The molecule has 7 nitrogen and oxygen atoms in total. The van der Waals surface area contributed by atoms with Crippen LogP contribution in [0.5, 0.6) is 5.75 Å². The maximum Gasteiger partial charge on any atom is 0.317 e. The zero-order valence-corrected chi connectivity index (χ0v) is 14.3. The van der Waals surface area contributed by atoms with Crippen LogP contribution in [0.1, 0.15) is 31.5 Å². The van der Waals surface area contributed by atoms with Gasteiger partial charge in [0.25, 0.3) is 5.89 Å². The van der Waals surface area contributed by atoms with Crippen LogP contribution in [0.2, 0.25) is 0 Å². The van der Waals surface area contributed by atoms with Crippen LogP contribution in [0.25, 0.3) is 11.5 Å². The average Bonchev–Trinajstić information content (AvgIpc) is 3.22. The van der Waals surface area contributed by atoms with Gasteiger partial charge in [-0.05, 0) is 38.0 Å². The van der Waals surface area contributed by atoms with Crippen molar-refractivity contribution in [3.05, 3.63) is 30.1 Å². The SMILES string of the molecule is Cc1noc(-c2cccc(OC3CN(C(=O)NC4CCCC4)C3)c2)n1. The molecule has 132 valence electrons. The van der Waals surface area contributed by atoms with Gasteiger partial charge in [0, 0.05) is 11.6 Å². The summed E-state index contributed by atoms with van der Waals surface area (Å²) in [6.07, 6.45) is 4.65. The second-order valence-electron chi connectivity index (χ2n) is 6.75. The van der Waals surface area contributed by atoms with Crippen LogP contribution < -0.4 is 10.1 Å². The first-order chi connectivity index (χ1) is 12.2. The number of aromatic nitrogens is 2.